The second-order valence-corrected chi connectivity index (χ2v) is 7.74. The molecule has 0 aliphatic carbocycles. The maximum Gasteiger partial charge on any atom is 0.242 e. The number of hydrogen-bond acceptors (Lipinski definition) is 4. The van der Waals surface area contributed by atoms with Crippen LogP contribution >= 0.6 is 11.8 Å². The molecule has 3 N–H and O–H groups in total. The molecule has 21 heavy (non-hydrogen) atoms. The van der Waals surface area contributed by atoms with E-state index in [0.717, 1.165) is 43.7 Å². The molecule has 0 saturated heterocycles. The molecule has 1 aromatic rings. The van der Waals surface area contributed by atoms with Crippen LogP contribution in [0.15, 0.2) is 17.2 Å². The summed E-state index contributed by atoms with van der Waals surface area (Å²) < 4.78 is 26.9. The van der Waals surface area contributed by atoms with Crippen LogP contribution in [-0.2, 0) is 16.6 Å². The zero-order valence-corrected chi connectivity index (χ0v) is 14.6. The average Bonchev–Trinajstić information content (AvgIpc) is 2.93. The lowest BCUT2D eigenvalue weighted by atomic mass is 10.2. The molecule has 0 fully saturated rings. The van der Waals surface area contributed by atoms with Crippen LogP contribution in [0.2, 0.25) is 0 Å². The summed E-state index contributed by atoms with van der Waals surface area (Å²) in [7, 11) is -3.38. The third-order valence-electron chi connectivity index (χ3n) is 3.09. The van der Waals surface area contributed by atoms with Crippen molar-refractivity contribution in [2.24, 2.45) is 0 Å². The number of unbranched alkanes of at least 4 members (excludes halogenated alkanes) is 2. The highest BCUT2D eigenvalue weighted by Crippen LogP contribution is 2.11. The number of hydrogen-bond donors (Lipinski definition) is 3. The average molecular weight is 334 g/mol. The van der Waals surface area contributed by atoms with Crippen LogP contribution in [0.25, 0.3) is 0 Å². The first-order valence-electron chi connectivity index (χ1n) is 7.46. The molecule has 0 saturated carbocycles. The van der Waals surface area contributed by atoms with E-state index in [0.29, 0.717) is 18.0 Å². The Morgan fingerprint density at radius 2 is 2.05 bits per heavy atom. The van der Waals surface area contributed by atoms with E-state index in [-0.39, 0.29) is 0 Å². The number of aromatic amines is 1. The predicted molar refractivity (Wildman–Crippen MR) is 90.2 cm³/mol. The van der Waals surface area contributed by atoms with Gasteiger partial charge in [-0.1, -0.05) is 13.3 Å². The molecule has 0 aliphatic rings. The van der Waals surface area contributed by atoms with E-state index >= 15 is 0 Å². The molecule has 122 valence electrons. The van der Waals surface area contributed by atoms with Crippen LogP contribution in [0.1, 0.15) is 38.3 Å². The zero-order valence-electron chi connectivity index (χ0n) is 12.9. The maximum absolute atomic E-state index is 12.1. The Morgan fingerprint density at radius 1 is 1.24 bits per heavy atom. The molecule has 1 heterocycles. The Balaban J connectivity index is 2.36. The van der Waals surface area contributed by atoms with Crippen LogP contribution in [0.5, 0.6) is 0 Å². The first kappa shape index (κ1) is 18.5. The fourth-order valence-electron chi connectivity index (χ4n) is 1.91. The monoisotopic (exact) mass is 333 g/mol. The van der Waals surface area contributed by atoms with Gasteiger partial charge in [0.1, 0.15) is 0 Å². The van der Waals surface area contributed by atoms with E-state index in [9.17, 15) is 8.42 Å². The Hall–Kier alpha value is -0.500. The molecule has 0 unspecified atom stereocenters. The van der Waals surface area contributed by atoms with Crippen LogP contribution in [0.3, 0.4) is 0 Å². The summed E-state index contributed by atoms with van der Waals surface area (Å²) in [5, 5.41) is 3.24. The number of sulfonamides is 1. The molecule has 1 rings (SSSR count). The number of aromatic nitrogens is 1. The Labute approximate surface area is 132 Å². The third-order valence-corrected chi connectivity index (χ3v) is 5.22. The van der Waals surface area contributed by atoms with E-state index in [1.807, 2.05) is 11.8 Å². The van der Waals surface area contributed by atoms with Crippen molar-refractivity contribution < 1.29 is 8.42 Å². The maximum atomic E-state index is 12.1. The lowest BCUT2D eigenvalue weighted by Crippen LogP contribution is -2.24. The van der Waals surface area contributed by atoms with E-state index in [4.69, 9.17) is 0 Å². The molecule has 0 spiro atoms. The Morgan fingerprint density at radius 3 is 2.76 bits per heavy atom. The van der Waals surface area contributed by atoms with Crippen molar-refractivity contribution in [3.8, 4) is 0 Å². The fraction of sp³-hybridized carbons (Fsp3) is 0.714. The van der Waals surface area contributed by atoms with Crippen molar-refractivity contribution in [1.82, 2.24) is 15.0 Å². The second kappa shape index (κ2) is 10.3. The molecule has 0 amide bonds. The quantitative estimate of drug-likeness (QED) is 0.513. The smallest absolute Gasteiger partial charge is 0.242 e. The van der Waals surface area contributed by atoms with Gasteiger partial charge in [0.15, 0.2) is 0 Å². The van der Waals surface area contributed by atoms with E-state index in [1.54, 1.807) is 12.3 Å². The van der Waals surface area contributed by atoms with Crippen molar-refractivity contribution in [2.45, 2.75) is 44.0 Å². The second-order valence-electron chi connectivity index (χ2n) is 4.99. The largest absolute Gasteiger partial charge is 0.363 e. The highest BCUT2D eigenvalue weighted by atomic mass is 32.2. The molecular formula is C14H27N3O2S2. The summed E-state index contributed by atoms with van der Waals surface area (Å²) >= 11 is 1.82. The Kier molecular flexibility index (Phi) is 9.07. The number of nitrogens with one attached hydrogen (secondary N) is 3. The van der Waals surface area contributed by atoms with Crippen LogP contribution < -0.4 is 10.0 Å². The summed E-state index contributed by atoms with van der Waals surface area (Å²) in [5.41, 5.74) is 0.892. The highest BCUT2D eigenvalue weighted by Gasteiger charge is 2.15. The molecule has 5 nitrogen and oxygen atoms in total. The molecule has 0 aliphatic heterocycles. The van der Waals surface area contributed by atoms with Crippen molar-refractivity contribution in [3.05, 3.63) is 18.0 Å². The van der Waals surface area contributed by atoms with Crippen molar-refractivity contribution in [1.29, 1.82) is 0 Å². The number of thioether (sulfide) groups is 1. The van der Waals surface area contributed by atoms with Gasteiger partial charge in [-0.2, -0.15) is 11.8 Å². The summed E-state index contributed by atoms with van der Waals surface area (Å²) in [5.74, 6) is 1.14. The van der Waals surface area contributed by atoms with Gasteiger partial charge in [0, 0.05) is 25.0 Å². The molecular weight excluding hydrogens is 306 g/mol. The van der Waals surface area contributed by atoms with Gasteiger partial charge in [-0.05, 0) is 43.9 Å². The number of rotatable bonds is 12. The zero-order chi connectivity index (χ0) is 15.6. The topological polar surface area (TPSA) is 74.0 Å². The standard InChI is InChI=1S/C14H27N3O2S2/c1-3-7-15-11-13-10-14(12-16-13)21(18,19)17-8-5-4-6-9-20-2/h10,12,15-17H,3-9,11H2,1-2H3. The van der Waals surface area contributed by atoms with Gasteiger partial charge in [-0.3, -0.25) is 0 Å². The number of H-pyrrole nitrogens is 1. The molecule has 0 aromatic carbocycles. The molecule has 1 aromatic heterocycles. The highest BCUT2D eigenvalue weighted by molar-refractivity contribution is 7.98. The van der Waals surface area contributed by atoms with E-state index in [1.165, 1.54) is 0 Å². The van der Waals surface area contributed by atoms with E-state index in [2.05, 4.69) is 28.2 Å². The molecule has 0 atom stereocenters. The van der Waals surface area contributed by atoms with Gasteiger partial charge in [0.05, 0.1) is 4.90 Å². The first-order chi connectivity index (χ1) is 10.1. The van der Waals surface area contributed by atoms with E-state index < -0.39 is 10.0 Å². The summed E-state index contributed by atoms with van der Waals surface area (Å²) in [6, 6.07) is 1.69. The lowest BCUT2D eigenvalue weighted by molar-refractivity contribution is 0.576. The van der Waals surface area contributed by atoms with Crippen LogP contribution in [0, 0.1) is 0 Å². The van der Waals surface area contributed by atoms with Crippen LogP contribution in [-0.4, -0.2) is 38.5 Å². The van der Waals surface area contributed by atoms with Crippen molar-refractivity contribution in [3.63, 3.8) is 0 Å². The van der Waals surface area contributed by atoms with Crippen molar-refractivity contribution >= 4 is 21.8 Å². The van der Waals surface area contributed by atoms with Gasteiger partial charge in [0.2, 0.25) is 10.0 Å². The summed E-state index contributed by atoms with van der Waals surface area (Å²) in [4.78, 5) is 3.32. The summed E-state index contributed by atoms with van der Waals surface area (Å²) in [6.45, 7) is 4.19. The van der Waals surface area contributed by atoms with Gasteiger partial charge in [-0.25, -0.2) is 13.1 Å². The molecule has 7 heteroatoms. The van der Waals surface area contributed by atoms with Gasteiger partial charge in [0.25, 0.3) is 0 Å². The van der Waals surface area contributed by atoms with Gasteiger partial charge >= 0.3 is 0 Å². The van der Waals surface area contributed by atoms with Gasteiger partial charge in [-0.15, -0.1) is 0 Å². The minimum absolute atomic E-state index is 0.319. The normalized spacial score (nSPS) is 11.9. The fourth-order valence-corrected chi connectivity index (χ4v) is 3.50. The molecule has 0 radical (unpaired) electrons. The van der Waals surface area contributed by atoms with Crippen molar-refractivity contribution in [2.75, 3.05) is 25.1 Å². The Bertz CT molecular complexity index is 486. The lowest BCUT2D eigenvalue weighted by Gasteiger charge is -2.04. The minimum Gasteiger partial charge on any atom is -0.363 e. The molecule has 0 bridgehead atoms. The minimum atomic E-state index is -3.38. The van der Waals surface area contributed by atoms with Gasteiger partial charge < -0.3 is 10.3 Å². The first-order valence-corrected chi connectivity index (χ1v) is 10.3. The third kappa shape index (κ3) is 7.35. The van der Waals surface area contributed by atoms with Crippen LogP contribution in [0.4, 0.5) is 0 Å². The predicted octanol–water partition coefficient (Wildman–Crippen LogP) is 2.33. The SMILES string of the molecule is CCCNCc1cc(S(=O)(=O)NCCCCCSC)c[nH]1. The summed E-state index contributed by atoms with van der Waals surface area (Å²) in [6.07, 6.45) is 7.78.